The monoisotopic (exact) mass is 384 g/mol. The van der Waals surface area contributed by atoms with Crippen LogP contribution >= 0.6 is 11.6 Å². The Labute approximate surface area is 153 Å². The molecule has 0 fully saturated rings. The lowest BCUT2D eigenvalue weighted by atomic mass is 10.0. The van der Waals surface area contributed by atoms with E-state index < -0.39 is 23.4 Å². The summed E-state index contributed by atoms with van der Waals surface area (Å²) in [6.07, 6.45) is -4.54. The molecule has 0 bridgehead atoms. The molecule has 4 nitrogen and oxygen atoms in total. The molecule has 0 aliphatic carbocycles. The highest BCUT2D eigenvalue weighted by atomic mass is 35.5. The van der Waals surface area contributed by atoms with Gasteiger partial charge in [0.25, 0.3) is 0 Å². The SMILES string of the molecule is COC(=O)C(=N)c1ccc(C(F)(F)F)cc1NCc1ccc(Cl)cc1C. The number of hydrogen-bond acceptors (Lipinski definition) is 4. The van der Waals surface area contributed by atoms with Crippen LogP contribution in [0.4, 0.5) is 18.9 Å². The second kappa shape index (κ2) is 7.78. The van der Waals surface area contributed by atoms with Crippen molar-refractivity contribution in [3.8, 4) is 0 Å². The normalized spacial score (nSPS) is 11.2. The summed E-state index contributed by atoms with van der Waals surface area (Å²) in [5.74, 6) is -0.935. The van der Waals surface area contributed by atoms with Gasteiger partial charge >= 0.3 is 12.1 Å². The Morgan fingerprint density at radius 2 is 1.92 bits per heavy atom. The lowest BCUT2D eigenvalue weighted by Crippen LogP contribution is -2.19. The fourth-order valence-electron chi connectivity index (χ4n) is 2.34. The molecule has 138 valence electrons. The first-order chi connectivity index (χ1) is 12.1. The van der Waals surface area contributed by atoms with Crippen LogP contribution in [0.3, 0.4) is 0 Å². The van der Waals surface area contributed by atoms with Gasteiger partial charge in [-0.2, -0.15) is 13.2 Å². The lowest BCUT2D eigenvalue weighted by molar-refractivity contribution is -0.137. The first kappa shape index (κ1) is 19.8. The van der Waals surface area contributed by atoms with Gasteiger partial charge in [0.2, 0.25) is 0 Å². The molecule has 26 heavy (non-hydrogen) atoms. The minimum absolute atomic E-state index is 0.0181. The van der Waals surface area contributed by atoms with Crippen molar-refractivity contribution >= 4 is 29.0 Å². The summed E-state index contributed by atoms with van der Waals surface area (Å²) >= 11 is 5.90. The van der Waals surface area contributed by atoms with Gasteiger partial charge in [0.15, 0.2) is 0 Å². The van der Waals surface area contributed by atoms with E-state index in [4.69, 9.17) is 17.0 Å². The van der Waals surface area contributed by atoms with Gasteiger partial charge in [-0.1, -0.05) is 17.7 Å². The molecule has 0 aliphatic heterocycles. The van der Waals surface area contributed by atoms with Crippen LogP contribution in [0, 0.1) is 12.3 Å². The lowest BCUT2D eigenvalue weighted by Gasteiger charge is -2.16. The van der Waals surface area contributed by atoms with E-state index in [0.717, 1.165) is 36.4 Å². The van der Waals surface area contributed by atoms with E-state index >= 15 is 0 Å². The Balaban J connectivity index is 2.39. The molecule has 2 rings (SSSR count). The Hall–Kier alpha value is -2.54. The molecule has 8 heteroatoms. The third-order valence-corrected chi connectivity index (χ3v) is 4.01. The zero-order valence-electron chi connectivity index (χ0n) is 14.0. The number of benzene rings is 2. The van der Waals surface area contributed by atoms with Gasteiger partial charge in [0.05, 0.1) is 12.7 Å². The molecule has 0 saturated carbocycles. The van der Waals surface area contributed by atoms with Crippen molar-refractivity contribution in [3.05, 3.63) is 63.7 Å². The summed E-state index contributed by atoms with van der Waals surface area (Å²) in [7, 11) is 1.10. The Kier molecular flexibility index (Phi) is 5.92. The average Bonchev–Trinajstić information content (AvgIpc) is 2.58. The van der Waals surface area contributed by atoms with Gasteiger partial charge in [-0.3, -0.25) is 5.41 Å². The topological polar surface area (TPSA) is 62.2 Å². The smallest absolute Gasteiger partial charge is 0.416 e. The number of halogens is 4. The molecule has 2 N–H and O–H groups in total. The Morgan fingerprint density at radius 3 is 2.50 bits per heavy atom. The predicted octanol–water partition coefficient (Wildman–Crippen LogP) is 4.82. The maximum atomic E-state index is 13.0. The van der Waals surface area contributed by atoms with E-state index in [0.29, 0.717) is 5.02 Å². The van der Waals surface area contributed by atoms with Crippen LogP contribution in [0.1, 0.15) is 22.3 Å². The number of alkyl halides is 3. The van der Waals surface area contributed by atoms with Crippen LogP contribution in [0.15, 0.2) is 36.4 Å². The van der Waals surface area contributed by atoms with Crippen molar-refractivity contribution in [3.63, 3.8) is 0 Å². The zero-order chi connectivity index (χ0) is 19.5. The molecule has 2 aromatic rings. The van der Waals surface area contributed by atoms with Crippen molar-refractivity contribution in [1.29, 1.82) is 5.41 Å². The standard InChI is InChI=1S/C18H16ClF3N2O2/c1-10-7-13(19)5-3-11(10)9-24-15-8-12(18(20,21)22)4-6-14(15)16(23)17(25)26-2/h3-8,23-24H,9H2,1-2H3. The van der Waals surface area contributed by atoms with Crippen LogP contribution in [0.5, 0.6) is 0 Å². The fraction of sp³-hybridized carbons (Fsp3) is 0.222. The summed E-state index contributed by atoms with van der Waals surface area (Å²) in [5, 5.41) is 11.3. The quantitative estimate of drug-likeness (QED) is 0.574. The maximum absolute atomic E-state index is 13.0. The van der Waals surface area contributed by atoms with Gasteiger partial charge in [-0.15, -0.1) is 0 Å². The van der Waals surface area contributed by atoms with Gasteiger partial charge in [0.1, 0.15) is 5.71 Å². The fourth-order valence-corrected chi connectivity index (χ4v) is 2.57. The van der Waals surface area contributed by atoms with Crippen molar-refractivity contribution in [2.45, 2.75) is 19.6 Å². The van der Waals surface area contributed by atoms with E-state index in [-0.39, 0.29) is 17.8 Å². The van der Waals surface area contributed by atoms with Crippen LogP contribution in [-0.2, 0) is 22.3 Å². The summed E-state index contributed by atoms with van der Waals surface area (Å²) in [6, 6.07) is 7.95. The molecule has 0 aromatic heterocycles. The second-order valence-corrected chi connectivity index (χ2v) is 5.99. The Bertz CT molecular complexity index is 851. The number of hydrogen-bond donors (Lipinski definition) is 2. The molecule has 0 spiro atoms. The number of methoxy groups -OCH3 is 1. The maximum Gasteiger partial charge on any atom is 0.416 e. The van der Waals surface area contributed by atoms with E-state index in [1.807, 2.05) is 6.92 Å². The predicted molar refractivity (Wildman–Crippen MR) is 93.8 cm³/mol. The molecule has 0 heterocycles. The van der Waals surface area contributed by atoms with E-state index in [1.54, 1.807) is 18.2 Å². The van der Waals surface area contributed by atoms with E-state index in [2.05, 4.69) is 10.1 Å². The molecule has 0 unspecified atom stereocenters. The summed E-state index contributed by atoms with van der Waals surface area (Å²) in [6.45, 7) is 2.03. The number of aryl methyl sites for hydroxylation is 1. The largest absolute Gasteiger partial charge is 0.464 e. The third-order valence-electron chi connectivity index (χ3n) is 3.78. The summed E-state index contributed by atoms with van der Waals surface area (Å²) in [4.78, 5) is 11.6. The molecular formula is C18H16ClF3N2O2. The first-order valence-electron chi connectivity index (χ1n) is 7.51. The van der Waals surface area contributed by atoms with Gasteiger partial charge < -0.3 is 10.1 Å². The highest BCUT2D eigenvalue weighted by Crippen LogP contribution is 2.32. The number of carbonyl (C=O) groups excluding carboxylic acids is 1. The van der Waals surface area contributed by atoms with Crippen molar-refractivity contribution < 1.29 is 22.7 Å². The second-order valence-electron chi connectivity index (χ2n) is 5.55. The highest BCUT2D eigenvalue weighted by molar-refractivity contribution is 6.43. The molecule has 0 aliphatic rings. The molecular weight excluding hydrogens is 369 g/mol. The average molecular weight is 385 g/mol. The number of rotatable bonds is 5. The zero-order valence-corrected chi connectivity index (χ0v) is 14.8. The number of nitrogens with one attached hydrogen (secondary N) is 2. The van der Waals surface area contributed by atoms with Gasteiger partial charge in [0, 0.05) is 22.8 Å². The van der Waals surface area contributed by atoms with Crippen LogP contribution in [0.25, 0.3) is 0 Å². The summed E-state index contributed by atoms with van der Waals surface area (Å²) in [5.41, 5.74) is 0.316. The minimum atomic E-state index is -4.54. The molecule has 0 amide bonds. The number of ether oxygens (including phenoxy) is 1. The van der Waals surface area contributed by atoms with E-state index in [9.17, 15) is 18.0 Å². The number of esters is 1. The number of anilines is 1. The van der Waals surface area contributed by atoms with Crippen LogP contribution in [-0.4, -0.2) is 18.8 Å². The van der Waals surface area contributed by atoms with Crippen LogP contribution < -0.4 is 5.32 Å². The molecule has 2 aromatic carbocycles. The van der Waals surface area contributed by atoms with Crippen molar-refractivity contribution in [2.24, 2.45) is 0 Å². The first-order valence-corrected chi connectivity index (χ1v) is 7.88. The number of carbonyl (C=O) groups is 1. The van der Waals surface area contributed by atoms with E-state index in [1.165, 1.54) is 0 Å². The van der Waals surface area contributed by atoms with Gasteiger partial charge in [-0.25, -0.2) is 4.79 Å². The Morgan fingerprint density at radius 1 is 1.23 bits per heavy atom. The molecule has 0 saturated heterocycles. The molecule has 0 atom stereocenters. The van der Waals surface area contributed by atoms with Crippen LogP contribution in [0.2, 0.25) is 5.02 Å². The van der Waals surface area contributed by atoms with Crippen molar-refractivity contribution in [2.75, 3.05) is 12.4 Å². The minimum Gasteiger partial charge on any atom is -0.464 e. The summed E-state index contributed by atoms with van der Waals surface area (Å²) < 4.78 is 43.5. The van der Waals surface area contributed by atoms with Gasteiger partial charge in [-0.05, 0) is 48.4 Å². The highest BCUT2D eigenvalue weighted by Gasteiger charge is 2.31. The third kappa shape index (κ3) is 4.54. The molecule has 0 radical (unpaired) electrons. The van der Waals surface area contributed by atoms with Crippen molar-refractivity contribution in [1.82, 2.24) is 0 Å².